The van der Waals surface area contributed by atoms with Gasteiger partial charge in [0.05, 0.1) is 10.2 Å². The van der Waals surface area contributed by atoms with E-state index in [2.05, 4.69) is 33.5 Å². The average molecular weight is 309 g/mol. The van der Waals surface area contributed by atoms with Gasteiger partial charge in [0.15, 0.2) is 0 Å². The first-order valence-corrected chi connectivity index (χ1v) is 8.08. The summed E-state index contributed by atoms with van der Waals surface area (Å²) < 4.78 is 3.64. The summed E-state index contributed by atoms with van der Waals surface area (Å²) in [7, 11) is 0. The molecule has 0 saturated carbocycles. The molecular weight excluding hydrogens is 304 g/mol. The highest BCUT2D eigenvalue weighted by Crippen LogP contribution is 2.41. The number of aromatic nitrogens is 2. The number of halogens is 1. The predicted octanol–water partition coefficient (Wildman–Crippen LogP) is 5.29. The van der Waals surface area contributed by atoms with Crippen LogP contribution in [0, 0.1) is 0 Å². The molecular formula is C12H5ClN2S3. The van der Waals surface area contributed by atoms with Crippen LogP contribution in [0.15, 0.2) is 29.9 Å². The molecule has 4 heterocycles. The van der Waals surface area contributed by atoms with Crippen LogP contribution in [0.25, 0.3) is 29.4 Å². The zero-order chi connectivity index (χ0) is 12.1. The van der Waals surface area contributed by atoms with Crippen molar-refractivity contribution >= 4 is 65.2 Å². The van der Waals surface area contributed by atoms with Crippen molar-refractivity contribution in [3.63, 3.8) is 0 Å². The molecule has 0 amide bonds. The van der Waals surface area contributed by atoms with Crippen LogP contribution in [-0.2, 0) is 0 Å². The summed E-state index contributed by atoms with van der Waals surface area (Å²) in [6, 6.07) is 6.48. The van der Waals surface area contributed by atoms with E-state index in [1.807, 2.05) is 11.3 Å². The maximum atomic E-state index is 6.08. The third-order valence-corrected chi connectivity index (χ3v) is 6.47. The van der Waals surface area contributed by atoms with Crippen molar-refractivity contribution in [2.75, 3.05) is 0 Å². The van der Waals surface area contributed by atoms with E-state index in [1.165, 1.54) is 25.5 Å². The fourth-order valence-corrected chi connectivity index (χ4v) is 5.26. The molecule has 0 saturated heterocycles. The lowest BCUT2D eigenvalue weighted by atomic mass is 10.3. The summed E-state index contributed by atoms with van der Waals surface area (Å²) in [5.41, 5.74) is 0.923. The normalized spacial score (nSPS) is 11.6. The molecule has 0 N–H and O–H groups in total. The van der Waals surface area contributed by atoms with Gasteiger partial charge in [0, 0.05) is 19.2 Å². The van der Waals surface area contributed by atoms with Crippen molar-refractivity contribution in [2.45, 2.75) is 0 Å². The van der Waals surface area contributed by atoms with E-state index in [4.69, 9.17) is 11.6 Å². The molecule has 6 heteroatoms. The third kappa shape index (κ3) is 1.59. The summed E-state index contributed by atoms with van der Waals surface area (Å²) in [6.07, 6.45) is 1.51. The van der Waals surface area contributed by atoms with Gasteiger partial charge in [0.2, 0.25) is 0 Å². The molecule has 4 aromatic rings. The number of rotatable bonds is 1. The van der Waals surface area contributed by atoms with Crippen LogP contribution in [0.3, 0.4) is 0 Å². The second-order valence-corrected chi connectivity index (χ2v) is 7.19. The van der Waals surface area contributed by atoms with Gasteiger partial charge in [-0.05, 0) is 23.6 Å². The Morgan fingerprint density at radius 1 is 1.00 bits per heavy atom. The Morgan fingerprint density at radius 2 is 1.89 bits per heavy atom. The Hall–Kier alpha value is -1.01. The number of nitrogens with zero attached hydrogens (tertiary/aromatic N) is 2. The van der Waals surface area contributed by atoms with Crippen LogP contribution >= 0.6 is 45.6 Å². The first kappa shape index (κ1) is 10.9. The van der Waals surface area contributed by atoms with Gasteiger partial charge in [-0.3, -0.25) is 0 Å². The minimum atomic E-state index is 0.537. The Morgan fingerprint density at radius 3 is 2.72 bits per heavy atom. The van der Waals surface area contributed by atoms with E-state index < -0.39 is 0 Å². The molecule has 18 heavy (non-hydrogen) atoms. The van der Waals surface area contributed by atoms with Gasteiger partial charge in [0.25, 0.3) is 0 Å². The van der Waals surface area contributed by atoms with Crippen LogP contribution in [0.2, 0.25) is 5.15 Å². The van der Waals surface area contributed by atoms with Crippen LogP contribution in [0.4, 0.5) is 0 Å². The molecule has 0 bridgehead atoms. The van der Waals surface area contributed by atoms with Gasteiger partial charge in [-0.1, -0.05) is 11.6 Å². The molecule has 4 rings (SSSR count). The predicted molar refractivity (Wildman–Crippen MR) is 81.1 cm³/mol. The van der Waals surface area contributed by atoms with Crippen molar-refractivity contribution in [2.24, 2.45) is 0 Å². The zero-order valence-corrected chi connectivity index (χ0v) is 12.1. The summed E-state index contributed by atoms with van der Waals surface area (Å²) in [6.45, 7) is 0. The van der Waals surface area contributed by atoms with Crippen LogP contribution < -0.4 is 0 Å². The minimum absolute atomic E-state index is 0.537. The molecule has 2 nitrogen and oxygen atoms in total. The van der Waals surface area contributed by atoms with E-state index in [-0.39, 0.29) is 0 Å². The van der Waals surface area contributed by atoms with Crippen molar-refractivity contribution in [3.05, 3.63) is 35.1 Å². The molecule has 0 radical (unpaired) electrons. The highest BCUT2D eigenvalue weighted by atomic mass is 35.5. The van der Waals surface area contributed by atoms with E-state index in [9.17, 15) is 0 Å². The number of hydrogen-bond donors (Lipinski definition) is 0. The van der Waals surface area contributed by atoms with Crippen LogP contribution in [-0.4, -0.2) is 9.97 Å². The number of fused-ring (bicyclic) bond motifs is 2. The lowest BCUT2D eigenvalue weighted by Gasteiger charge is -1.88. The third-order valence-electron chi connectivity index (χ3n) is 2.65. The fraction of sp³-hybridized carbons (Fsp3) is 0. The smallest absolute Gasteiger partial charge is 0.150 e. The summed E-state index contributed by atoms with van der Waals surface area (Å²) >= 11 is 11.3. The maximum Gasteiger partial charge on any atom is 0.150 e. The van der Waals surface area contributed by atoms with Gasteiger partial charge >= 0.3 is 0 Å². The highest BCUT2D eigenvalue weighted by molar-refractivity contribution is 7.31. The molecule has 0 aliphatic carbocycles. The molecule has 0 aliphatic heterocycles. The van der Waals surface area contributed by atoms with Gasteiger partial charge < -0.3 is 0 Å². The molecule has 4 aromatic heterocycles. The minimum Gasteiger partial charge on any atom is -0.235 e. The van der Waals surface area contributed by atoms with Crippen molar-refractivity contribution in [3.8, 4) is 9.75 Å². The monoisotopic (exact) mass is 308 g/mol. The first-order valence-electron chi connectivity index (χ1n) is 5.19. The molecule has 0 spiro atoms. The molecule has 0 unspecified atom stereocenters. The van der Waals surface area contributed by atoms with Crippen LogP contribution in [0.5, 0.6) is 0 Å². The lowest BCUT2D eigenvalue weighted by Crippen LogP contribution is -1.76. The topological polar surface area (TPSA) is 25.8 Å². The van der Waals surface area contributed by atoms with Crippen molar-refractivity contribution < 1.29 is 0 Å². The Balaban J connectivity index is 1.96. The van der Waals surface area contributed by atoms with Crippen LogP contribution in [0.1, 0.15) is 0 Å². The van der Waals surface area contributed by atoms with E-state index >= 15 is 0 Å². The zero-order valence-electron chi connectivity index (χ0n) is 8.88. The Kier molecular flexibility index (Phi) is 2.41. The molecule has 0 aromatic carbocycles. The standard InChI is InChI=1S/C12H5ClN2S3/c13-12-11-6(14-5-15-12)3-9(18-11)10-4-8-7(17-10)1-2-16-8/h1-5H. The lowest BCUT2D eigenvalue weighted by molar-refractivity contribution is 1.23. The fourth-order valence-electron chi connectivity index (χ4n) is 1.83. The SMILES string of the molecule is Clc1ncnc2cc(-c3cc4sccc4s3)sc12. The van der Waals surface area contributed by atoms with Gasteiger partial charge in [-0.2, -0.15) is 0 Å². The quantitative estimate of drug-likeness (QED) is 0.447. The van der Waals surface area contributed by atoms with E-state index in [1.54, 1.807) is 22.7 Å². The molecule has 88 valence electrons. The summed E-state index contributed by atoms with van der Waals surface area (Å²) in [5, 5.41) is 2.66. The average Bonchev–Trinajstić information content (AvgIpc) is 3.01. The van der Waals surface area contributed by atoms with Gasteiger partial charge in [-0.15, -0.1) is 34.0 Å². The van der Waals surface area contributed by atoms with E-state index in [0.29, 0.717) is 5.15 Å². The first-order chi connectivity index (χ1) is 8.81. The summed E-state index contributed by atoms with van der Waals surface area (Å²) in [5.74, 6) is 0. The van der Waals surface area contributed by atoms with E-state index in [0.717, 1.165) is 10.2 Å². The second-order valence-electron chi connectivity index (χ2n) is 3.75. The Bertz CT molecular complexity index is 830. The maximum absolute atomic E-state index is 6.08. The Labute approximate surface area is 120 Å². The highest BCUT2D eigenvalue weighted by Gasteiger charge is 2.11. The van der Waals surface area contributed by atoms with Gasteiger partial charge in [0.1, 0.15) is 11.5 Å². The van der Waals surface area contributed by atoms with Crippen molar-refractivity contribution in [1.29, 1.82) is 0 Å². The van der Waals surface area contributed by atoms with Gasteiger partial charge in [-0.25, -0.2) is 9.97 Å². The largest absolute Gasteiger partial charge is 0.235 e. The molecule has 0 fully saturated rings. The summed E-state index contributed by atoms with van der Waals surface area (Å²) in [4.78, 5) is 10.8. The molecule has 0 atom stereocenters. The second kappa shape index (κ2) is 3.99. The number of thiophene rings is 3. The van der Waals surface area contributed by atoms with Crippen molar-refractivity contribution in [1.82, 2.24) is 9.97 Å². The number of hydrogen-bond acceptors (Lipinski definition) is 5. The molecule has 0 aliphatic rings.